The summed E-state index contributed by atoms with van der Waals surface area (Å²) in [6.45, 7) is 1.97. The average molecular weight is 660 g/mol. The fraction of sp³-hybridized carbons (Fsp3) is 0.200. The number of phenolic OH excluding ortho intramolecular Hbond substituents is 1. The molecule has 34 heavy (non-hydrogen) atoms. The number of hydrogen-bond donors (Lipinski definition) is 3. The molecule has 2 aromatic carbocycles. The lowest BCUT2D eigenvalue weighted by molar-refractivity contribution is -0.385. The first-order chi connectivity index (χ1) is 16.2. The molecule has 0 saturated carbocycles. The molecule has 14 heteroatoms. The highest BCUT2D eigenvalue weighted by Crippen LogP contribution is 2.32. The van der Waals surface area contributed by atoms with Crippen molar-refractivity contribution >= 4 is 73.8 Å². The Kier molecular flexibility index (Phi) is 8.84. The van der Waals surface area contributed by atoms with Crippen LogP contribution in [0.3, 0.4) is 0 Å². The minimum atomic E-state index is -0.710. The minimum Gasteiger partial charge on any atom is -0.502 e. The first kappa shape index (κ1) is 25.9. The second kappa shape index (κ2) is 11.6. The van der Waals surface area contributed by atoms with E-state index in [9.17, 15) is 20.0 Å². The molecule has 3 rings (SSSR count). The van der Waals surface area contributed by atoms with Gasteiger partial charge in [-0.25, -0.2) is 5.43 Å². The highest BCUT2D eigenvalue weighted by atomic mass is 127. The van der Waals surface area contributed by atoms with Crippen molar-refractivity contribution in [1.29, 1.82) is 0 Å². The van der Waals surface area contributed by atoms with Crippen molar-refractivity contribution in [3.63, 3.8) is 0 Å². The monoisotopic (exact) mass is 659 g/mol. The topological polar surface area (TPSA) is 148 Å². The predicted octanol–water partition coefficient (Wildman–Crippen LogP) is 4.21. The number of amides is 1. The van der Waals surface area contributed by atoms with Gasteiger partial charge < -0.3 is 15.0 Å². The third-order valence-corrected chi connectivity index (χ3v) is 6.69. The summed E-state index contributed by atoms with van der Waals surface area (Å²) in [5.74, 6) is -0.224. The van der Waals surface area contributed by atoms with Gasteiger partial charge in [-0.05, 0) is 59.8 Å². The van der Waals surface area contributed by atoms with Gasteiger partial charge in [-0.1, -0.05) is 27.7 Å². The van der Waals surface area contributed by atoms with E-state index < -0.39 is 22.3 Å². The van der Waals surface area contributed by atoms with E-state index in [2.05, 4.69) is 64.6 Å². The maximum Gasteiger partial charge on any atom is 0.312 e. The van der Waals surface area contributed by atoms with Crippen LogP contribution in [0.15, 0.2) is 51.1 Å². The van der Waals surface area contributed by atoms with Crippen LogP contribution in [-0.4, -0.2) is 42.7 Å². The Balaban J connectivity index is 1.56. The molecule has 1 heterocycles. The summed E-state index contributed by atoms with van der Waals surface area (Å²) in [4.78, 5) is 22.4. The van der Waals surface area contributed by atoms with Crippen molar-refractivity contribution in [2.45, 2.75) is 18.1 Å². The molecule has 1 aromatic heterocycles. The first-order valence-electron chi connectivity index (χ1n) is 9.68. The average Bonchev–Trinajstić information content (AvgIpc) is 3.16. The number of nitrogens with zero attached hydrogens (tertiary/aromatic N) is 5. The normalized spacial score (nSPS) is 12.0. The van der Waals surface area contributed by atoms with Gasteiger partial charge in [0.2, 0.25) is 5.75 Å². The largest absolute Gasteiger partial charge is 0.502 e. The molecule has 0 spiro atoms. The third kappa shape index (κ3) is 6.66. The van der Waals surface area contributed by atoms with Crippen molar-refractivity contribution in [1.82, 2.24) is 20.2 Å². The molecule has 1 atom stereocenters. The zero-order valence-corrected chi connectivity index (χ0v) is 22.5. The number of thioether (sulfide) groups is 1. The van der Waals surface area contributed by atoms with Crippen LogP contribution in [0.25, 0.3) is 0 Å². The van der Waals surface area contributed by atoms with Crippen molar-refractivity contribution in [2.75, 3.05) is 11.1 Å². The number of hydrogen-bond acceptors (Lipinski definition) is 9. The molecule has 1 amide bonds. The Morgan fingerprint density at radius 3 is 2.76 bits per heavy atom. The molecule has 178 valence electrons. The molecule has 0 aliphatic rings. The Bertz CT molecular complexity index is 1240. The van der Waals surface area contributed by atoms with Gasteiger partial charge in [0.15, 0.2) is 11.0 Å². The van der Waals surface area contributed by atoms with Crippen LogP contribution in [0.2, 0.25) is 0 Å². The number of phenols is 1. The van der Waals surface area contributed by atoms with Gasteiger partial charge in [0.1, 0.15) is 0 Å². The summed E-state index contributed by atoms with van der Waals surface area (Å²) in [6.07, 6.45) is 1.13. The molecule has 1 unspecified atom stereocenters. The molecule has 0 saturated heterocycles. The summed E-state index contributed by atoms with van der Waals surface area (Å²) in [6, 6.07) is 10.5. The SMILES string of the molecule is CC(Nc1ccc(I)cc1)c1nnc(SCC(=O)N/N=C/c2cc(Br)cc([N+](=O)[O-])c2O)n1C. The van der Waals surface area contributed by atoms with E-state index in [-0.39, 0.29) is 17.4 Å². The van der Waals surface area contributed by atoms with Gasteiger partial charge >= 0.3 is 5.69 Å². The number of rotatable bonds is 9. The van der Waals surface area contributed by atoms with Gasteiger partial charge in [-0.15, -0.1) is 10.2 Å². The second-order valence-electron chi connectivity index (χ2n) is 6.97. The first-order valence-corrected chi connectivity index (χ1v) is 12.5. The quantitative estimate of drug-likeness (QED) is 0.102. The number of carbonyl (C=O) groups is 1. The number of benzene rings is 2. The van der Waals surface area contributed by atoms with E-state index in [1.54, 1.807) is 0 Å². The third-order valence-electron chi connectivity index (χ3n) is 4.49. The number of aromatic nitrogens is 3. The van der Waals surface area contributed by atoms with Gasteiger partial charge in [0.05, 0.1) is 22.9 Å². The number of halogens is 2. The van der Waals surface area contributed by atoms with Crippen LogP contribution in [0.4, 0.5) is 11.4 Å². The summed E-state index contributed by atoms with van der Waals surface area (Å²) in [5, 5.41) is 37.1. The summed E-state index contributed by atoms with van der Waals surface area (Å²) in [7, 11) is 1.82. The van der Waals surface area contributed by atoms with Crippen LogP contribution >= 0.6 is 50.3 Å². The van der Waals surface area contributed by atoms with E-state index in [4.69, 9.17) is 0 Å². The van der Waals surface area contributed by atoms with E-state index in [1.165, 1.54) is 23.9 Å². The lowest BCUT2D eigenvalue weighted by atomic mass is 10.2. The van der Waals surface area contributed by atoms with Crippen molar-refractivity contribution < 1.29 is 14.8 Å². The Morgan fingerprint density at radius 2 is 2.09 bits per heavy atom. The molecule has 0 radical (unpaired) electrons. The van der Waals surface area contributed by atoms with Crippen LogP contribution < -0.4 is 10.7 Å². The second-order valence-corrected chi connectivity index (χ2v) is 10.1. The molecule has 0 aliphatic heterocycles. The summed E-state index contributed by atoms with van der Waals surface area (Å²) < 4.78 is 3.35. The fourth-order valence-corrected chi connectivity index (χ4v) is 4.40. The Hall–Kier alpha value is -2.72. The number of anilines is 1. The summed E-state index contributed by atoms with van der Waals surface area (Å²) in [5.41, 5.74) is 2.90. The van der Waals surface area contributed by atoms with E-state index >= 15 is 0 Å². The van der Waals surface area contributed by atoms with Crippen LogP contribution in [0.5, 0.6) is 5.75 Å². The predicted molar refractivity (Wildman–Crippen MR) is 141 cm³/mol. The number of aromatic hydroxyl groups is 1. The van der Waals surface area contributed by atoms with Gasteiger partial charge in [0.25, 0.3) is 5.91 Å². The van der Waals surface area contributed by atoms with Crippen molar-refractivity contribution in [3.05, 3.63) is 65.9 Å². The van der Waals surface area contributed by atoms with Crippen LogP contribution in [0, 0.1) is 13.7 Å². The highest BCUT2D eigenvalue weighted by molar-refractivity contribution is 14.1. The zero-order chi connectivity index (χ0) is 24.8. The van der Waals surface area contributed by atoms with Crippen molar-refractivity contribution in [2.24, 2.45) is 12.1 Å². The van der Waals surface area contributed by atoms with E-state index in [1.807, 2.05) is 42.8 Å². The zero-order valence-electron chi connectivity index (χ0n) is 17.9. The Morgan fingerprint density at radius 1 is 1.38 bits per heavy atom. The standard InChI is InChI=1S/C20H19BrIN7O4S/c1-11(24-15-5-3-14(22)4-6-15)19-26-27-20(28(19)2)34-10-17(30)25-23-9-12-7-13(21)8-16(18(12)31)29(32)33/h3-9,11,24,31H,10H2,1-2H3,(H,25,30)/b23-9+. The highest BCUT2D eigenvalue weighted by Gasteiger charge is 2.18. The molecule has 0 bridgehead atoms. The van der Waals surface area contributed by atoms with Crippen molar-refractivity contribution in [3.8, 4) is 5.75 Å². The molecule has 11 nitrogen and oxygen atoms in total. The molecule has 0 aliphatic carbocycles. The van der Waals surface area contributed by atoms with Gasteiger partial charge in [-0.3, -0.25) is 14.9 Å². The lowest BCUT2D eigenvalue weighted by Gasteiger charge is -2.14. The Labute approximate surface area is 220 Å². The maximum absolute atomic E-state index is 12.2. The molecule has 3 N–H and O–H groups in total. The van der Waals surface area contributed by atoms with Crippen LogP contribution in [-0.2, 0) is 11.8 Å². The maximum atomic E-state index is 12.2. The molecular formula is C20H19BrIN7O4S. The number of nitro benzene ring substituents is 1. The smallest absolute Gasteiger partial charge is 0.312 e. The molecule has 3 aromatic rings. The van der Waals surface area contributed by atoms with E-state index in [0.29, 0.717) is 15.5 Å². The molecule has 0 fully saturated rings. The number of carbonyl (C=O) groups excluding carboxylic acids is 1. The van der Waals surface area contributed by atoms with Crippen LogP contribution in [0.1, 0.15) is 24.4 Å². The number of nitrogens with one attached hydrogen (secondary N) is 2. The number of nitro groups is 1. The number of hydrazone groups is 1. The van der Waals surface area contributed by atoms with Gasteiger partial charge in [0, 0.05) is 32.4 Å². The molecular weight excluding hydrogens is 641 g/mol. The minimum absolute atomic E-state index is 0.0207. The van der Waals surface area contributed by atoms with E-state index in [0.717, 1.165) is 15.5 Å². The lowest BCUT2D eigenvalue weighted by Crippen LogP contribution is -2.20. The van der Waals surface area contributed by atoms with Gasteiger partial charge in [-0.2, -0.15) is 5.10 Å². The fourth-order valence-electron chi connectivity index (χ4n) is 2.87. The summed E-state index contributed by atoms with van der Waals surface area (Å²) >= 11 is 6.57.